The number of methoxy groups -OCH3 is 1. The highest BCUT2D eigenvalue weighted by atomic mass is 16.5. The summed E-state index contributed by atoms with van der Waals surface area (Å²) < 4.78 is 4.97. The van der Waals surface area contributed by atoms with Crippen LogP contribution in [-0.4, -0.2) is 37.6 Å². The number of carbonyl (C=O) groups is 1. The number of nitriles is 1. The second-order valence-electron chi connectivity index (χ2n) is 3.74. The summed E-state index contributed by atoms with van der Waals surface area (Å²) in [5.41, 5.74) is 0. The molecule has 0 N–H and O–H groups in total. The van der Waals surface area contributed by atoms with Crippen LogP contribution in [0, 0.1) is 17.2 Å². The molecule has 1 unspecified atom stereocenters. The monoisotopic (exact) mass is 212 g/mol. The molecular weight excluding hydrogens is 192 g/mol. The van der Waals surface area contributed by atoms with Crippen LogP contribution in [0.15, 0.2) is 0 Å². The van der Waals surface area contributed by atoms with Gasteiger partial charge in [0.1, 0.15) is 6.54 Å². The molecule has 86 valence electrons. The van der Waals surface area contributed by atoms with Crippen LogP contribution in [0.4, 0.5) is 0 Å². The summed E-state index contributed by atoms with van der Waals surface area (Å²) in [5.74, 6) is 0.253. The molecule has 1 amide bonds. The molecule has 0 aliphatic rings. The minimum Gasteiger partial charge on any atom is -0.384 e. The lowest BCUT2D eigenvalue weighted by molar-refractivity contribution is -0.131. The minimum atomic E-state index is 0.0444. The Kier molecular flexibility index (Phi) is 7.65. The third kappa shape index (κ3) is 6.08. The molecule has 4 nitrogen and oxygen atoms in total. The Balaban J connectivity index is 4.07. The molecule has 0 saturated carbocycles. The lowest BCUT2D eigenvalue weighted by Crippen LogP contribution is -2.33. The van der Waals surface area contributed by atoms with Gasteiger partial charge < -0.3 is 9.64 Å². The molecule has 0 aromatic carbocycles. The van der Waals surface area contributed by atoms with Crippen LogP contribution >= 0.6 is 0 Å². The van der Waals surface area contributed by atoms with Gasteiger partial charge in [-0.15, -0.1) is 0 Å². The van der Waals surface area contributed by atoms with Crippen molar-refractivity contribution in [3.8, 4) is 6.07 Å². The summed E-state index contributed by atoms with van der Waals surface area (Å²) in [7, 11) is 1.63. The van der Waals surface area contributed by atoms with Gasteiger partial charge in [0, 0.05) is 26.7 Å². The summed E-state index contributed by atoms with van der Waals surface area (Å²) in [5, 5.41) is 8.58. The second-order valence-corrected chi connectivity index (χ2v) is 3.74. The van der Waals surface area contributed by atoms with E-state index in [1.807, 2.05) is 19.9 Å². The summed E-state index contributed by atoms with van der Waals surface area (Å²) in [6, 6.07) is 2.01. The van der Waals surface area contributed by atoms with Gasteiger partial charge in [-0.05, 0) is 12.3 Å². The number of carbonyl (C=O) groups excluding carboxylic acids is 1. The quantitative estimate of drug-likeness (QED) is 0.600. The van der Waals surface area contributed by atoms with E-state index in [0.29, 0.717) is 19.6 Å². The number of hydrogen-bond acceptors (Lipinski definition) is 3. The Morgan fingerprint density at radius 3 is 2.73 bits per heavy atom. The normalized spacial score (nSPS) is 11.9. The van der Waals surface area contributed by atoms with Crippen molar-refractivity contribution in [3.05, 3.63) is 0 Å². The highest BCUT2D eigenvalue weighted by Gasteiger charge is 2.15. The Morgan fingerprint density at radius 2 is 2.27 bits per heavy atom. The van der Waals surface area contributed by atoms with Gasteiger partial charge >= 0.3 is 0 Å². The van der Waals surface area contributed by atoms with Crippen LogP contribution < -0.4 is 0 Å². The fourth-order valence-corrected chi connectivity index (χ4v) is 1.42. The molecule has 0 heterocycles. The molecule has 15 heavy (non-hydrogen) atoms. The first-order valence-electron chi connectivity index (χ1n) is 5.29. The van der Waals surface area contributed by atoms with Crippen molar-refractivity contribution in [2.45, 2.75) is 26.7 Å². The number of rotatable bonds is 7. The number of nitrogens with zero attached hydrogens (tertiary/aromatic N) is 2. The first-order chi connectivity index (χ1) is 7.15. The maximum atomic E-state index is 11.7. The Morgan fingerprint density at radius 1 is 1.60 bits per heavy atom. The highest BCUT2D eigenvalue weighted by molar-refractivity contribution is 5.76. The van der Waals surface area contributed by atoms with Crippen molar-refractivity contribution >= 4 is 5.91 Å². The molecular formula is C11H20N2O2. The molecule has 0 saturated heterocycles. The molecule has 0 aromatic heterocycles. The van der Waals surface area contributed by atoms with Gasteiger partial charge in [-0.3, -0.25) is 4.79 Å². The zero-order chi connectivity index (χ0) is 11.7. The molecule has 0 aliphatic carbocycles. The molecule has 0 aliphatic heterocycles. The predicted molar refractivity (Wildman–Crippen MR) is 58.1 cm³/mol. The van der Waals surface area contributed by atoms with E-state index in [1.54, 1.807) is 12.0 Å². The Hall–Kier alpha value is -1.08. The van der Waals surface area contributed by atoms with E-state index < -0.39 is 0 Å². The average Bonchev–Trinajstić information content (AvgIpc) is 2.17. The molecule has 4 heteroatoms. The van der Waals surface area contributed by atoms with Crippen molar-refractivity contribution < 1.29 is 9.53 Å². The maximum Gasteiger partial charge on any atom is 0.223 e. The molecule has 0 bridgehead atoms. The van der Waals surface area contributed by atoms with E-state index >= 15 is 0 Å². The summed E-state index contributed by atoms with van der Waals surface area (Å²) in [6.45, 7) is 5.39. The fraction of sp³-hybridized carbons (Fsp3) is 0.818. The van der Waals surface area contributed by atoms with Gasteiger partial charge in [0.25, 0.3) is 0 Å². The largest absolute Gasteiger partial charge is 0.384 e. The lowest BCUT2D eigenvalue weighted by Gasteiger charge is -2.20. The minimum absolute atomic E-state index is 0.0444. The van der Waals surface area contributed by atoms with E-state index in [0.717, 1.165) is 6.42 Å². The van der Waals surface area contributed by atoms with E-state index in [-0.39, 0.29) is 18.4 Å². The molecule has 0 radical (unpaired) electrons. The van der Waals surface area contributed by atoms with Crippen molar-refractivity contribution in [2.24, 2.45) is 5.92 Å². The van der Waals surface area contributed by atoms with Crippen LogP contribution in [0.1, 0.15) is 26.7 Å². The molecule has 0 rings (SSSR count). The van der Waals surface area contributed by atoms with E-state index in [9.17, 15) is 4.79 Å². The van der Waals surface area contributed by atoms with Gasteiger partial charge in [-0.1, -0.05) is 13.8 Å². The van der Waals surface area contributed by atoms with Crippen molar-refractivity contribution in [1.29, 1.82) is 5.26 Å². The van der Waals surface area contributed by atoms with Crippen LogP contribution in [0.2, 0.25) is 0 Å². The molecule has 0 spiro atoms. The first kappa shape index (κ1) is 13.9. The van der Waals surface area contributed by atoms with Crippen LogP contribution in [0.25, 0.3) is 0 Å². The summed E-state index contributed by atoms with van der Waals surface area (Å²) >= 11 is 0. The van der Waals surface area contributed by atoms with Crippen LogP contribution in [-0.2, 0) is 9.53 Å². The summed E-state index contributed by atoms with van der Waals surface area (Å²) in [4.78, 5) is 13.3. The lowest BCUT2D eigenvalue weighted by atomic mass is 10.1. The zero-order valence-electron chi connectivity index (χ0n) is 9.82. The Labute approximate surface area is 91.8 Å². The van der Waals surface area contributed by atoms with Gasteiger partial charge in [-0.2, -0.15) is 5.26 Å². The van der Waals surface area contributed by atoms with Gasteiger partial charge in [0.2, 0.25) is 5.91 Å². The van der Waals surface area contributed by atoms with E-state index in [4.69, 9.17) is 10.00 Å². The fourth-order valence-electron chi connectivity index (χ4n) is 1.42. The number of ether oxygens (including phenoxy) is 1. The first-order valence-corrected chi connectivity index (χ1v) is 5.29. The van der Waals surface area contributed by atoms with Gasteiger partial charge in [-0.25, -0.2) is 0 Å². The van der Waals surface area contributed by atoms with Crippen LogP contribution in [0.3, 0.4) is 0 Å². The number of amides is 1. The van der Waals surface area contributed by atoms with Gasteiger partial charge in [0.05, 0.1) is 6.07 Å². The topological polar surface area (TPSA) is 53.3 Å². The maximum absolute atomic E-state index is 11.7. The highest BCUT2D eigenvalue weighted by Crippen LogP contribution is 2.06. The third-order valence-corrected chi connectivity index (χ3v) is 2.08. The predicted octanol–water partition coefficient (Wildman–Crippen LogP) is 1.42. The molecule has 0 aromatic rings. The third-order valence-electron chi connectivity index (χ3n) is 2.08. The molecule has 1 atom stereocenters. The SMILES string of the molecule is CCCN(CC#N)C(=O)CC(C)COC. The van der Waals surface area contributed by atoms with Crippen molar-refractivity contribution in [3.63, 3.8) is 0 Å². The van der Waals surface area contributed by atoms with Crippen molar-refractivity contribution in [2.75, 3.05) is 26.8 Å². The van der Waals surface area contributed by atoms with Crippen molar-refractivity contribution in [1.82, 2.24) is 4.90 Å². The van der Waals surface area contributed by atoms with Gasteiger partial charge in [0.15, 0.2) is 0 Å². The Bertz CT molecular complexity index is 223. The number of hydrogen-bond donors (Lipinski definition) is 0. The zero-order valence-corrected chi connectivity index (χ0v) is 9.82. The molecule has 0 fully saturated rings. The average molecular weight is 212 g/mol. The van der Waals surface area contributed by atoms with E-state index in [1.165, 1.54) is 0 Å². The second kappa shape index (κ2) is 8.25. The smallest absolute Gasteiger partial charge is 0.223 e. The van der Waals surface area contributed by atoms with Crippen LogP contribution in [0.5, 0.6) is 0 Å². The standard InChI is InChI=1S/C11H20N2O2/c1-4-6-13(7-5-12)11(14)8-10(2)9-15-3/h10H,4,6-9H2,1-3H3. The van der Waals surface area contributed by atoms with E-state index in [2.05, 4.69) is 0 Å². The summed E-state index contributed by atoms with van der Waals surface area (Å²) in [6.07, 6.45) is 1.33.